The van der Waals surface area contributed by atoms with Crippen molar-refractivity contribution in [2.45, 2.75) is 51.4 Å². The molecule has 2 aliphatic heterocycles. The third kappa shape index (κ3) is 3.75. The molecule has 2 saturated heterocycles. The van der Waals surface area contributed by atoms with Crippen LogP contribution in [0.4, 0.5) is 0 Å². The predicted molar refractivity (Wildman–Crippen MR) is 89.2 cm³/mol. The van der Waals surface area contributed by atoms with E-state index in [1.165, 1.54) is 19.4 Å². The molecule has 0 unspecified atom stereocenters. The van der Waals surface area contributed by atoms with Crippen molar-refractivity contribution < 1.29 is 9.53 Å². The summed E-state index contributed by atoms with van der Waals surface area (Å²) in [4.78, 5) is 23.4. The smallest absolute Gasteiger partial charge is 0.249 e. The fourth-order valence-electron chi connectivity index (χ4n) is 3.80. The predicted octanol–water partition coefficient (Wildman–Crippen LogP) is 1.29. The zero-order valence-electron chi connectivity index (χ0n) is 14.3. The van der Waals surface area contributed by atoms with Gasteiger partial charge in [0.05, 0.1) is 30.2 Å². The maximum Gasteiger partial charge on any atom is 0.249 e. The maximum atomic E-state index is 12.4. The van der Waals surface area contributed by atoms with E-state index >= 15 is 0 Å². The van der Waals surface area contributed by atoms with Crippen molar-refractivity contribution >= 4 is 5.91 Å². The Balaban J connectivity index is 1.26. The molecule has 1 aromatic heterocycles. The Bertz CT molecular complexity index is 587. The summed E-state index contributed by atoms with van der Waals surface area (Å²) < 4.78 is 6.08. The van der Waals surface area contributed by atoms with Crippen LogP contribution in [0.1, 0.15) is 37.1 Å². The molecule has 3 fully saturated rings. The molecular weight excluding hydrogens is 304 g/mol. The van der Waals surface area contributed by atoms with E-state index < -0.39 is 0 Å². The van der Waals surface area contributed by atoms with Crippen molar-refractivity contribution in [1.29, 1.82) is 0 Å². The van der Waals surface area contributed by atoms with E-state index in [0.29, 0.717) is 12.5 Å². The van der Waals surface area contributed by atoms with Crippen molar-refractivity contribution in [3.63, 3.8) is 0 Å². The number of hydrogen-bond donors (Lipinski definition) is 1. The number of hydrogen-bond acceptors (Lipinski definition) is 5. The van der Waals surface area contributed by atoms with Crippen LogP contribution < -0.4 is 5.32 Å². The molecule has 3 heterocycles. The maximum absolute atomic E-state index is 12.4. The van der Waals surface area contributed by atoms with Gasteiger partial charge in [-0.25, -0.2) is 0 Å². The Morgan fingerprint density at radius 3 is 2.96 bits per heavy atom. The molecule has 24 heavy (non-hydrogen) atoms. The summed E-state index contributed by atoms with van der Waals surface area (Å²) in [6, 6.07) is 0. The Hall–Kier alpha value is -1.53. The van der Waals surface area contributed by atoms with Gasteiger partial charge < -0.3 is 15.0 Å². The molecule has 0 bridgehead atoms. The molecule has 1 aliphatic carbocycles. The molecule has 4 rings (SSSR count). The minimum Gasteiger partial charge on any atom is -0.364 e. The third-order valence-corrected chi connectivity index (χ3v) is 5.42. The molecular formula is C18H26N4O2. The Morgan fingerprint density at radius 1 is 1.33 bits per heavy atom. The van der Waals surface area contributed by atoms with Gasteiger partial charge in [-0.05, 0) is 51.0 Å². The standard InChI is InChI=1S/C18H26N4O2/c1-12-7-20-15(8-19-12)9-21-18(23)16-6-14-4-5-22(10-13-2-3-13)11-17(14)24-16/h7-8,13-14,16-17H,2-6,9-11H2,1H3,(H,21,23)/t14-,16-,17+/m0/s1. The first kappa shape index (κ1) is 16.0. The van der Waals surface area contributed by atoms with Crippen molar-refractivity contribution in [3.05, 3.63) is 23.8 Å². The fraction of sp³-hybridized carbons (Fsp3) is 0.722. The molecule has 0 radical (unpaired) electrons. The molecule has 6 heteroatoms. The number of rotatable bonds is 5. The summed E-state index contributed by atoms with van der Waals surface area (Å²) in [6.45, 7) is 5.68. The molecule has 3 aliphatic rings. The molecule has 1 aromatic rings. The number of amides is 1. The minimum atomic E-state index is -0.306. The highest BCUT2D eigenvalue weighted by Crippen LogP contribution is 2.36. The quantitative estimate of drug-likeness (QED) is 0.881. The average molecular weight is 330 g/mol. The molecule has 1 saturated carbocycles. The van der Waals surface area contributed by atoms with Gasteiger partial charge in [0.15, 0.2) is 0 Å². The van der Waals surface area contributed by atoms with Gasteiger partial charge in [-0.1, -0.05) is 0 Å². The Morgan fingerprint density at radius 2 is 2.21 bits per heavy atom. The zero-order valence-corrected chi connectivity index (χ0v) is 14.3. The first-order valence-electron chi connectivity index (χ1n) is 9.10. The fourth-order valence-corrected chi connectivity index (χ4v) is 3.80. The molecule has 1 amide bonds. The van der Waals surface area contributed by atoms with E-state index in [2.05, 4.69) is 20.2 Å². The SMILES string of the molecule is Cc1cnc(CNC(=O)[C@@H]2C[C@@H]3CCN(CC4CC4)C[C@H]3O2)cn1. The molecule has 3 atom stereocenters. The van der Waals surface area contributed by atoms with Crippen LogP contribution in [-0.2, 0) is 16.1 Å². The van der Waals surface area contributed by atoms with Gasteiger partial charge >= 0.3 is 0 Å². The van der Waals surface area contributed by atoms with E-state index in [1.54, 1.807) is 12.4 Å². The first-order chi connectivity index (χ1) is 11.7. The Labute approximate surface area is 143 Å². The number of fused-ring (bicyclic) bond motifs is 1. The number of piperidine rings is 1. The van der Waals surface area contributed by atoms with Crippen LogP contribution in [0.25, 0.3) is 0 Å². The monoisotopic (exact) mass is 330 g/mol. The highest BCUT2D eigenvalue weighted by Gasteiger charge is 2.42. The topological polar surface area (TPSA) is 67.4 Å². The van der Waals surface area contributed by atoms with Gasteiger partial charge in [0, 0.05) is 19.3 Å². The summed E-state index contributed by atoms with van der Waals surface area (Å²) in [7, 11) is 0. The lowest BCUT2D eigenvalue weighted by Crippen LogP contribution is -2.43. The summed E-state index contributed by atoms with van der Waals surface area (Å²) in [5, 5.41) is 2.94. The minimum absolute atomic E-state index is 0.0134. The number of nitrogens with one attached hydrogen (secondary N) is 1. The number of carbonyl (C=O) groups is 1. The highest BCUT2D eigenvalue weighted by atomic mass is 16.5. The van der Waals surface area contributed by atoms with Crippen molar-refractivity contribution in [2.24, 2.45) is 11.8 Å². The summed E-state index contributed by atoms with van der Waals surface area (Å²) in [6.07, 6.45) is 8.14. The largest absolute Gasteiger partial charge is 0.364 e. The van der Waals surface area contributed by atoms with Crippen LogP contribution in [-0.4, -0.2) is 52.6 Å². The van der Waals surface area contributed by atoms with E-state index in [1.807, 2.05) is 6.92 Å². The summed E-state index contributed by atoms with van der Waals surface area (Å²) >= 11 is 0. The van der Waals surface area contributed by atoms with Gasteiger partial charge in [0.2, 0.25) is 5.91 Å². The van der Waals surface area contributed by atoms with Crippen molar-refractivity contribution in [3.8, 4) is 0 Å². The second-order valence-corrected chi connectivity index (χ2v) is 7.52. The number of carbonyl (C=O) groups excluding carboxylic acids is 1. The molecule has 1 N–H and O–H groups in total. The molecule has 0 aromatic carbocycles. The molecule has 0 spiro atoms. The third-order valence-electron chi connectivity index (χ3n) is 5.42. The zero-order chi connectivity index (χ0) is 16.5. The number of likely N-dealkylation sites (tertiary alicyclic amines) is 1. The number of ether oxygens (including phenoxy) is 1. The van der Waals surface area contributed by atoms with Crippen LogP contribution in [0.5, 0.6) is 0 Å². The number of nitrogens with zero attached hydrogens (tertiary/aromatic N) is 3. The summed E-state index contributed by atoms with van der Waals surface area (Å²) in [5.74, 6) is 1.44. The lowest BCUT2D eigenvalue weighted by molar-refractivity contribution is -0.133. The lowest BCUT2D eigenvalue weighted by Gasteiger charge is -2.34. The van der Waals surface area contributed by atoms with Crippen LogP contribution in [0, 0.1) is 18.8 Å². The van der Waals surface area contributed by atoms with Crippen molar-refractivity contribution in [1.82, 2.24) is 20.2 Å². The van der Waals surface area contributed by atoms with Crippen LogP contribution in [0.2, 0.25) is 0 Å². The average Bonchev–Trinajstić information content (AvgIpc) is 3.29. The molecule has 6 nitrogen and oxygen atoms in total. The van der Waals surface area contributed by atoms with E-state index in [9.17, 15) is 4.79 Å². The van der Waals surface area contributed by atoms with E-state index in [0.717, 1.165) is 43.2 Å². The highest BCUT2D eigenvalue weighted by molar-refractivity contribution is 5.81. The first-order valence-corrected chi connectivity index (χ1v) is 9.10. The molecule has 130 valence electrons. The normalized spacial score (nSPS) is 30.1. The number of aromatic nitrogens is 2. The number of aryl methyl sites for hydroxylation is 1. The van der Waals surface area contributed by atoms with Gasteiger partial charge in [-0.15, -0.1) is 0 Å². The Kier molecular flexibility index (Phi) is 4.50. The van der Waals surface area contributed by atoms with Crippen LogP contribution in [0.3, 0.4) is 0 Å². The summed E-state index contributed by atoms with van der Waals surface area (Å²) in [5.41, 5.74) is 1.66. The van der Waals surface area contributed by atoms with E-state index in [4.69, 9.17) is 4.74 Å². The lowest BCUT2D eigenvalue weighted by atomic mass is 9.91. The van der Waals surface area contributed by atoms with Gasteiger partial charge in [0.25, 0.3) is 0 Å². The van der Waals surface area contributed by atoms with E-state index in [-0.39, 0.29) is 18.1 Å². The van der Waals surface area contributed by atoms with Gasteiger partial charge in [-0.2, -0.15) is 0 Å². The van der Waals surface area contributed by atoms with Gasteiger partial charge in [0.1, 0.15) is 6.10 Å². The second-order valence-electron chi connectivity index (χ2n) is 7.52. The van der Waals surface area contributed by atoms with Crippen molar-refractivity contribution in [2.75, 3.05) is 19.6 Å². The van der Waals surface area contributed by atoms with Gasteiger partial charge in [-0.3, -0.25) is 14.8 Å². The van der Waals surface area contributed by atoms with Crippen LogP contribution >= 0.6 is 0 Å². The second kappa shape index (κ2) is 6.76. The van der Waals surface area contributed by atoms with Crippen LogP contribution in [0.15, 0.2) is 12.4 Å².